The van der Waals surface area contributed by atoms with Crippen molar-refractivity contribution in [1.29, 1.82) is 0 Å². The summed E-state index contributed by atoms with van der Waals surface area (Å²) in [7, 11) is 0. The van der Waals surface area contributed by atoms with Gasteiger partial charge in [-0.15, -0.1) is 0 Å². The van der Waals surface area contributed by atoms with Crippen molar-refractivity contribution in [2.45, 2.75) is 210 Å². The van der Waals surface area contributed by atoms with Gasteiger partial charge < -0.3 is 29.4 Å². The normalized spacial score (nSPS) is 15.1. The highest BCUT2D eigenvalue weighted by molar-refractivity contribution is 5.83. The van der Waals surface area contributed by atoms with Crippen molar-refractivity contribution in [2.24, 2.45) is 0 Å². The van der Waals surface area contributed by atoms with Gasteiger partial charge in [0.25, 0.3) is 0 Å². The maximum atomic E-state index is 2.60. The molecule has 0 aliphatic rings. The van der Waals surface area contributed by atoms with E-state index in [-0.39, 0.29) is 0 Å². The van der Waals surface area contributed by atoms with Crippen LogP contribution in [0.2, 0.25) is 0 Å². The molecule has 8 atom stereocenters. The van der Waals surface area contributed by atoms with Crippen LogP contribution in [0.3, 0.4) is 0 Å². The molecule has 0 saturated carbocycles. The average molecular weight is 921 g/mol. The first-order valence-electron chi connectivity index (χ1n) is 27.0. The minimum Gasteiger partial charge on any atom is -0.366 e. The molecule has 0 amide bonds. The fourth-order valence-electron chi connectivity index (χ4n) is 10.1. The van der Waals surface area contributed by atoms with E-state index in [4.69, 9.17) is 0 Å². The van der Waals surface area contributed by atoms with E-state index in [1.165, 1.54) is 22.7 Å². The Kier molecular flexibility index (Phi) is 20.2. The molecular weight excluding hydrogens is 829 g/mol. The van der Waals surface area contributed by atoms with Gasteiger partial charge in [0.05, 0.1) is 0 Å². The lowest BCUT2D eigenvalue weighted by atomic mass is 10.1. The molecule has 0 saturated heterocycles. The number of rotatable bonds is 26. The summed E-state index contributed by atoms with van der Waals surface area (Å²) in [6.07, 6.45) is 8.85. The molecule has 0 fully saturated rings. The number of hydrogen-bond donors (Lipinski definition) is 0. The third kappa shape index (κ3) is 12.4. The van der Waals surface area contributed by atoms with Gasteiger partial charge >= 0.3 is 0 Å². The smallest absolute Gasteiger partial charge is 0.0463 e. The summed E-state index contributed by atoms with van der Waals surface area (Å²) in [6.45, 7) is 37.2. The molecule has 0 N–H and O–H groups in total. The van der Waals surface area contributed by atoms with Crippen LogP contribution in [0.4, 0.5) is 56.9 Å². The first-order chi connectivity index (χ1) is 32.7. The lowest BCUT2D eigenvalue weighted by Gasteiger charge is -2.37. The van der Waals surface area contributed by atoms with Crippen LogP contribution >= 0.6 is 0 Å². The summed E-state index contributed by atoms with van der Waals surface area (Å²) < 4.78 is 0. The van der Waals surface area contributed by atoms with Crippen molar-refractivity contribution in [2.75, 3.05) is 29.4 Å². The summed E-state index contributed by atoms with van der Waals surface area (Å²) in [4.78, 5) is 15.3. The van der Waals surface area contributed by atoms with Crippen LogP contribution in [0.1, 0.15) is 162 Å². The zero-order chi connectivity index (χ0) is 49.7. The Hall–Kier alpha value is -5.10. The predicted molar refractivity (Wildman–Crippen MR) is 304 cm³/mol. The Morgan fingerprint density at radius 3 is 0.412 bits per heavy atom. The SMILES string of the molecule is CCC(C)N(c1ccc(N(c2ccc(N(c3ccc(N(C(C)CC)C(C)CC)cc3)c3ccc(N(C(C)CC)C(C)CC)cc3)cc2)c2ccc(N(C(C)CC)C(C)CC)cc2)cc1)C(C)CC. The van der Waals surface area contributed by atoms with Crippen molar-refractivity contribution in [3.8, 4) is 0 Å². The van der Waals surface area contributed by atoms with Gasteiger partial charge in [0.15, 0.2) is 0 Å². The Morgan fingerprint density at radius 2 is 0.309 bits per heavy atom. The Balaban J connectivity index is 1.65. The Morgan fingerprint density at radius 1 is 0.206 bits per heavy atom. The van der Waals surface area contributed by atoms with E-state index in [0.29, 0.717) is 48.3 Å². The summed E-state index contributed by atoms with van der Waals surface area (Å²) >= 11 is 0. The fourth-order valence-corrected chi connectivity index (χ4v) is 10.1. The molecule has 0 radical (unpaired) electrons. The zero-order valence-electron chi connectivity index (χ0n) is 45.5. The van der Waals surface area contributed by atoms with Gasteiger partial charge in [0.1, 0.15) is 0 Å². The second-order valence-electron chi connectivity index (χ2n) is 19.9. The molecular formula is C62H92N6. The second-order valence-corrected chi connectivity index (χ2v) is 19.9. The standard InChI is InChI=1S/C62H92N6/c1-17-45(9)63(46(10)18-2)53-25-33-57(34-26-53)67(58-35-27-54(28-36-58)64(47(11)19-3)48(12)20-4)61-41-43-62(44-42-61)68(59-37-29-55(30-38-59)65(49(13)21-5)50(14)22-6)60-39-31-56(32-40-60)66(51(15)23-7)52(16)24-8/h25-52H,17-24H2,1-16H3. The Bertz CT molecular complexity index is 1850. The topological polar surface area (TPSA) is 19.4 Å². The van der Waals surface area contributed by atoms with Crippen LogP contribution in [0.25, 0.3) is 0 Å². The molecule has 370 valence electrons. The highest BCUT2D eigenvalue weighted by atomic mass is 15.2. The van der Waals surface area contributed by atoms with Crippen LogP contribution < -0.4 is 29.4 Å². The summed E-state index contributed by atoms with van der Waals surface area (Å²) in [5.41, 5.74) is 11.9. The van der Waals surface area contributed by atoms with Crippen molar-refractivity contribution >= 4 is 56.9 Å². The molecule has 0 aromatic heterocycles. The number of benzene rings is 5. The van der Waals surface area contributed by atoms with Gasteiger partial charge in [-0.3, -0.25) is 0 Å². The molecule has 0 heterocycles. The van der Waals surface area contributed by atoms with Crippen molar-refractivity contribution in [1.82, 2.24) is 0 Å². The van der Waals surface area contributed by atoms with Crippen LogP contribution in [-0.2, 0) is 0 Å². The van der Waals surface area contributed by atoms with Gasteiger partial charge in [-0.25, -0.2) is 0 Å². The molecule has 68 heavy (non-hydrogen) atoms. The Labute approximate surface area is 416 Å². The summed E-state index contributed by atoms with van der Waals surface area (Å²) in [5.74, 6) is 0. The van der Waals surface area contributed by atoms with E-state index < -0.39 is 0 Å². The third-order valence-electron chi connectivity index (χ3n) is 15.5. The quantitative estimate of drug-likeness (QED) is 0.0547. The molecule has 5 aromatic carbocycles. The second kappa shape index (κ2) is 25.5. The number of hydrogen-bond acceptors (Lipinski definition) is 6. The average Bonchev–Trinajstić information content (AvgIpc) is 3.38. The van der Waals surface area contributed by atoms with Crippen LogP contribution in [0, 0.1) is 0 Å². The van der Waals surface area contributed by atoms with Gasteiger partial charge in [-0.1, -0.05) is 55.4 Å². The van der Waals surface area contributed by atoms with Crippen molar-refractivity contribution in [3.05, 3.63) is 121 Å². The molecule has 0 bridgehead atoms. The van der Waals surface area contributed by atoms with Crippen molar-refractivity contribution < 1.29 is 0 Å². The van der Waals surface area contributed by atoms with Crippen LogP contribution in [0.15, 0.2) is 121 Å². The fraction of sp³-hybridized carbons (Fsp3) is 0.516. The maximum absolute atomic E-state index is 2.60. The third-order valence-corrected chi connectivity index (χ3v) is 15.5. The lowest BCUT2D eigenvalue weighted by Crippen LogP contribution is -2.39. The molecule has 5 rings (SSSR count). The van der Waals surface area contributed by atoms with E-state index in [1.807, 2.05) is 0 Å². The van der Waals surface area contributed by atoms with Gasteiger partial charge in [-0.05, 0) is 228 Å². The van der Waals surface area contributed by atoms with Gasteiger partial charge in [0.2, 0.25) is 0 Å². The largest absolute Gasteiger partial charge is 0.366 e. The molecule has 0 aliphatic carbocycles. The highest BCUT2D eigenvalue weighted by Gasteiger charge is 2.25. The van der Waals surface area contributed by atoms with E-state index in [1.54, 1.807) is 0 Å². The van der Waals surface area contributed by atoms with Gasteiger partial charge in [0, 0.05) is 105 Å². The molecule has 8 unspecified atom stereocenters. The predicted octanol–water partition coefficient (Wildman–Crippen LogP) is 18.2. The molecule has 6 nitrogen and oxygen atoms in total. The minimum absolute atomic E-state index is 0.457. The van der Waals surface area contributed by atoms with Crippen LogP contribution in [0.5, 0.6) is 0 Å². The van der Waals surface area contributed by atoms with E-state index in [0.717, 1.165) is 85.5 Å². The minimum atomic E-state index is 0.457. The van der Waals surface area contributed by atoms with Gasteiger partial charge in [-0.2, -0.15) is 0 Å². The maximum Gasteiger partial charge on any atom is 0.0463 e. The van der Waals surface area contributed by atoms with Crippen molar-refractivity contribution in [3.63, 3.8) is 0 Å². The molecule has 6 heteroatoms. The zero-order valence-corrected chi connectivity index (χ0v) is 45.5. The summed E-state index contributed by atoms with van der Waals surface area (Å²) in [6, 6.07) is 50.1. The number of nitrogens with zero attached hydrogens (tertiary/aromatic N) is 6. The van der Waals surface area contributed by atoms with E-state index in [9.17, 15) is 0 Å². The molecule has 0 aliphatic heterocycles. The molecule has 0 spiro atoms. The summed E-state index contributed by atoms with van der Waals surface area (Å²) in [5, 5.41) is 0. The van der Waals surface area contributed by atoms with E-state index >= 15 is 0 Å². The monoisotopic (exact) mass is 921 g/mol. The molecule has 5 aromatic rings. The van der Waals surface area contributed by atoms with Crippen LogP contribution in [-0.4, -0.2) is 48.3 Å². The number of anilines is 10. The van der Waals surface area contributed by atoms with E-state index in [2.05, 4.69) is 262 Å². The first kappa shape index (κ1) is 53.8. The first-order valence-corrected chi connectivity index (χ1v) is 27.0. The highest BCUT2D eigenvalue weighted by Crippen LogP contribution is 2.42. The lowest BCUT2D eigenvalue weighted by molar-refractivity contribution is 0.527.